The van der Waals surface area contributed by atoms with Gasteiger partial charge in [0.25, 0.3) is 11.8 Å². The number of hydrogen-bond acceptors (Lipinski definition) is 4. The summed E-state index contributed by atoms with van der Waals surface area (Å²) in [4.78, 5) is 24.6. The average molecular weight is 456 g/mol. The summed E-state index contributed by atoms with van der Waals surface area (Å²) in [5.41, 5.74) is 4.69. The molecule has 0 unspecified atom stereocenters. The second-order valence-electron chi connectivity index (χ2n) is 6.52. The lowest BCUT2D eigenvalue weighted by molar-refractivity contribution is 0.0846. The summed E-state index contributed by atoms with van der Waals surface area (Å²) >= 11 is 11.9. The minimum Gasteiger partial charge on any atom is -0.267 e. The quantitative estimate of drug-likeness (QED) is 0.691. The first kappa shape index (κ1) is 21.6. The molecule has 2 amide bonds. The molecule has 0 radical (unpaired) electrons. The normalized spacial score (nSPS) is 15.0. The van der Waals surface area contributed by atoms with Crippen LogP contribution in [0, 0.1) is 0 Å². The van der Waals surface area contributed by atoms with E-state index in [9.17, 15) is 18.0 Å². The number of nitrogens with one attached hydrogen (secondary N) is 2. The molecule has 1 saturated heterocycles. The third-order valence-corrected chi connectivity index (χ3v) is 6.97. The van der Waals surface area contributed by atoms with Crippen molar-refractivity contribution in [2.45, 2.75) is 24.2 Å². The maximum absolute atomic E-state index is 12.8. The lowest BCUT2D eigenvalue weighted by atomic mass is 10.2. The molecule has 0 atom stereocenters. The van der Waals surface area contributed by atoms with Crippen molar-refractivity contribution in [3.05, 3.63) is 63.6 Å². The lowest BCUT2D eigenvalue weighted by Gasteiger charge is -2.26. The van der Waals surface area contributed by atoms with Crippen molar-refractivity contribution in [2.24, 2.45) is 0 Å². The molecule has 1 aliphatic rings. The molecule has 2 N–H and O–H groups in total. The molecule has 0 saturated carbocycles. The predicted molar refractivity (Wildman–Crippen MR) is 110 cm³/mol. The van der Waals surface area contributed by atoms with Crippen molar-refractivity contribution in [1.82, 2.24) is 15.2 Å². The second kappa shape index (κ2) is 9.13. The fraction of sp³-hybridized carbons (Fsp3) is 0.263. The summed E-state index contributed by atoms with van der Waals surface area (Å²) < 4.78 is 27.1. The van der Waals surface area contributed by atoms with E-state index in [0.717, 1.165) is 19.3 Å². The maximum Gasteiger partial charge on any atom is 0.271 e. The van der Waals surface area contributed by atoms with Gasteiger partial charge in [0, 0.05) is 23.7 Å². The highest BCUT2D eigenvalue weighted by Crippen LogP contribution is 2.25. The first-order valence-corrected chi connectivity index (χ1v) is 11.1. The van der Waals surface area contributed by atoms with Gasteiger partial charge >= 0.3 is 0 Å². The molecule has 0 spiro atoms. The Kier molecular flexibility index (Phi) is 6.79. The number of sulfonamides is 1. The molecule has 1 aliphatic heterocycles. The van der Waals surface area contributed by atoms with Gasteiger partial charge in [-0.2, -0.15) is 4.31 Å². The van der Waals surface area contributed by atoms with E-state index >= 15 is 0 Å². The maximum atomic E-state index is 12.8. The highest BCUT2D eigenvalue weighted by atomic mass is 35.5. The summed E-state index contributed by atoms with van der Waals surface area (Å²) in [6.45, 7) is 0.893. The Hall–Kier alpha value is -2.13. The number of amides is 2. The number of carbonyl (C=O) groups is 2. The molecule has 154 valence electrons. The molecular weight excluding hydrogens is 437 g/mol. The van der Waals surface area contributed by atoms with E-state index in [0.29, 0.717) is 18.1 Å². The van der Waals surface area contributed by atoms with Gasteiger partial charge in [0.15, 0.2) is 0 Å². The minimum atomic E-state index is -3.72. The first-order valence-electron chi connectivity index (χ1n) is 8.95. The van der Waals surface area contributed by atoms with E-state index in [1.54, 1.807) is 12.1 Å². The molecule has 2 aromatic rings. The van der Waals surface area contributed by atoms with E-state index in [1.165, 1.54) is 34.6 Å². The third-order valence-electron chi connectivity index (χ3n) is 4.51. The van der Waals surface area contributed by atoms with E-state index < -0.39 is 21.8 Å². The number of hydrogen-bond donors (Lipinski definition) is 2. The topological polar surface area (TPSA) is 95.6 Å². The predicted octanol–water partition coefficient (Wildman–Crippen LogP) is 3.24. The molecule has 1 heterocycles. The third kappa shape index (κ3) is 5.08. The fourth-order valence-electron chi connectivity index (χ4n) is 2.98. The number of nitrogens with zero attached hydrogens (tertiary/aromatic N) is 1. The summed E-state index contributed by atoms with van der Waals surface area (Å²) in [5, 5.41) is 0.444. The molecule has 7 nitrogen and oxygen atoms in total. The van der Waals surface area contributed by atoms with Gasteiger partial charge in [-0.1, -0.05) is 35.7 Å². The van der Waals surface area contributed by atoms with E-state index in [2.05, 4.69) is 10.9 Å². The van der Waals surface area contributed by atoms with Crippen molar-refractivity contribution in [3.63, 3.8) is 0 Å². The van der Waals surface area contributed by atoms with Gasteiger partial charge in [0.05, 0.1) is 15.5 Å². The Morgan fingerprint density at radius 1 is 0.897 bits per heavy atom. The van der Waals surface area contributed by atoms with Crippen LogP contribution in [0.15, 0.2) is 47.4 Å². The SMILES string of the molecule is O=C(NNC(=O)c1cc(S(=O)(=O)N2CCCCC2)ccc1Cl)c1cccc(Cl)c1. The summed E-state index contributed by atoms with van der Waals surface area (Å²) in [5.74, 6) is -1.31. The smallest absolute Gasteiger partial charge is 0.267 e. The van der Waals surface area contributed by atoms with Gasteiger partial charge in [0.1, 0.15) is 0 Å². The van der Waals surface area contributed by atoms with Crippen LogP contribution in [0.1, 0.15) is 40.0 Å². The van der Waals surface area contributed by atoms with Crippen molar-refractivity contribution >= 4 is 45.0 Å². The average Bonchev–Trinajstić information content (AvgIpc) is 2.72. The number of hydrazine groups is 1. The minimum absolute atomic E-state index is 0.0184. The molecule has 0 aliphatic carbocycles. The molecule has 0 bridgehead atoms. The van der Waals surface area contributed by atoms with Gasteiger partial charge in [-0.15, -0.1) is 0 Å². The second-order valence-corrected chi connectivity index (χ2v) is 9.31. The Morgan fingerprint density at radius 3 is 2.28 bits per heavy atom. The van der Waals surface area contributed by atoms with Crippen LogP contribution in [0.2, 0.25) is 10.0 Å². The Morgan fingerprint density at radius 2 is 1.59 bits per heavy atom. The molecule has 29 heavy (non-hydrogen) atoms. The van der Waals surface area contributed by atoms with Gasteiger partial charge < -0.3 is 0 Å². The first-order chi connectivity index (χ1) is 13.8. The summed E-state index contributed by atoms with van der Waals surface area (Å²) in [7, 11) is -3.72. The highest BCUT2D eigenvalue weighted by molar-refractivity contribution is 7.89. The summed E-state index contributed by atoms with van der Waals surface area (Å²) in [6.07, 6.45) is 2.60. The molecule has 10 heteroatoms. The zero-order valence-corrected chi connectivity index (χ0v) is 17.6. The Balaban J connectivity index is 1.75. The van der Waals surface area contributed by atoms with E-state index in [4.69, 9.17) is 23.2 Å². The molecule has 3 rings (SSSR count). The monoisotopic (exact) mass is 455 g/mol. The number of halogens is 2. The number of benzene rings is 2. The Labute approximate surface area is 179 Å². The van der Waals surface area contributed by atoms with Crippen LogP contribution in [-0.4, -0.2) is 37.6 Å². The van der Waals surface area contributed by atoms with Crippen LogP contribution < -0.4 is 10.9 Å². The molecule has 1 fully saturated rings. The van der Waals surface area contributed by atoms with Crippen molar-refractivity contribution in [1.29, 1.82) is 0 Å². The Bertz CT molecular complexity index is 1040. The van der Waals surface area contributed by atoms with Crippen molar-refractivity contribution in [3.8, 4) is 0 Å². The number of rotatable bonds is 4. The van der Waals surface area contributed by atoms with Gasteiger partial charge in [-0.3, -0.25) is 20.4 Å². The lowest BCUT2D eigenvalue weighted by Crippen LogP contribution is -2.42. The van der Waals surface area contributed by atoms with Crippen molar-refractivity contribution in [2.75, 3.05) is 13.1 Å². The molecular formula is C19H19Cl2N3O4S. The zero-order valence-electron chi connectivity index (χ0n) is 15.3. The van der Waals surface area contributed by atoms with Gasteiger partial charge in [-0.05, 0) is 49.2 Å². The summed E-state index contributed by atoms with van der Waals surface area (Å²) in [6, 6.07) is 10.1. The van der Waals surface area contributed by atoms with E-state index in [1.807, 2.05) is 0 Å². The van der Waals surface area contributed by atoms with Crippen LogP contribution in [0.4, 0.5) is 0 Å². The van der Waals surface area contributed by atoms with Crippen LogP contribution in [0.3, 0.4) is 0 Å². The zero-order chi connectivity index (χ0) is 21.0. The van der Waals surface area contributed by atoms with Crippen LogP contribution >= 0.6 is 23.2 Å². The van der Waals surface area contributed by atoms with Gasteiger partial charge in [-0.25, -0.2) is 8.42 Å². The molecule has 2 aromatic carbocycles. The van der Waals surface area contributed by atoms with Crippen LogP contribution in [0.5, 0.6) is 0 Å². The largest absolute Gasteiger partial charge is 0.271 e. The van der Waals surface area contributed by atoms with Crippen LogP contribution in [0.25, 0.3) is 0 Å². The highest BCUT2D eigenvalue weighted by Gasteiger charge is 2.27. The number of carbonyl (C=O) groups excluding carboxylic acids is 2. The standard InChI is InChI=1S/C19H19Cl2N3O4S/c20-14-6-4-5-13(11-14)18(25)22-23-19(26)16-12-15(7-8-17(16)21)29(27,28)24-9-2-1-3-10-24/h4-8,11-12H,1-3,9-10H2,(H,22,25)(H,23,26). The number of piperidine rings is 1. The van der Waals surface area contributed by atoms with Crippen molar-refractivity contribution < 1.29 is 18.0 Å². The fourth-order valence-corrected chi connectivity index (χ4v) is 4.91. The molecule has 0 aromatic heterocycles. The van der Waals surface area contributed by atoms with E-state index in [-0.39, 0.29) is 21.0 Å². The van der Waals surface area contributed by atoms with Gasteiger partial charge in [0.2, 0.25) is 10.0 Å². The van der Waals surface area contributed by atoms with Crippen LogP contribution in [-0.2, 0) is 10.0 Å².